The third-order valence-electron chi connectivity index (χ3n) is 7.36. The number of carbonyl (C=O) groups is 1. The molecule has 4 aromatic rings. The molecular formula is C30H35N7O6. The highest BCUT2D eigenvalue weighted by molar-refractivity contribution is 6.03. The third kappa shape index (κ3) is 6.37. The Balaban J connectivity index is 1.56. The molecule has 0 aliphatic carbocycles. The molecule has 0 amide bonds. The fraction of sp³-hybridized carbons (Fsp3) is 0.367. The lowest BCUT2D eigenvalue weighted by Gasteiger charge is -2.22. The van der Waals surface area contributed by atoms with E-state index in [1.54, 1.807) is 13.1 Å². The first kappa shape index (κ1) is 29.7. The van der Waals surface area contributed by atoms with Gasteiger partial charge >= 0.3 is 5.97 Å². The molecule has 2 aromatic carbocycles. The van der Waals surface area contributed by atoms with Crippen molar-refractivity contribution >= 4 is 39.9 Å². The third-order valence-corrected chi connectivity index (χ3v) is 7.36. The largest absolute Gasteiger partial charge is 0.494 e. The number of carbonyl (C=O) groups excluding carboxylic acids is 1. The lowest BCUT2D eigenvalue weighted by Crippen LogP contribution is -2.29. The first-order valence-electron chi connectivity index (χ1n) is 13.9. The average Bonchev–Trinajstić information content (AvgIpc) is 3.63. The number of aryl methyl sites for hydroxylation is 1. The van der Waals surface area contributed by atoms with Crippen molar-refractivity contribution in [1.82, 2.24) is 19.4 Å². The Morgan fingerprint density at radius 3 is 2.72 bits per heavy atom. The average molecular weight is 590 g/mol. The maximum absolute atomic E-state index is 13.3. The predicted molar refractivity (Wildman–Crippen MR) is 163 cm³/mol. The van der Waals surface area contributed by atoms with Gasteiger partial charge in [-0.2, -0.15) is 0 Å². The fourth-order valence-electron chi connectivity index (χ4n) is 5.01. The molecule has 2 aromatic heterocycles. The molecule has 43 heavy (non-hydrogen) atoms. The molecule has 0 unspecified atom stereocenters. The van der Waals surface area contributed by atoms with E-state index in [4.69, 9.17) is 19.2 Å². The predicted octanol–water partition coefficient (Wildman–Crippen LogP) is 4.24. The minimum absolute atomic E-state index is 0.0992. The van der Waals surface area contributed by atoms with Crippen LogP contribution >= 0.6 is 0 Å². The lowest BCUT2D eigenvalue weighted by molar-refractivity contribution is -0.384. The number of nitrogens with zero attached hydrogens (tertiary/aromatic N) is 6. The summed E-state index contributed by atoms with van der Waals surface area (Å²) >= 11 is 0. The molecule has 1 aliphatic heterocycles. The van der Waals surface area contributed by atoms with Gasteiger partial charge in [0.05, 0.1) is 36.6 Å². The Labute approximate surface area is 249 Å². The molecule has 13 heteroatoms. The minimum atomic E-state index is -0.552. The first-order valence-corrected chi connectivity index (χ1v) is 13.9. The smallest absolute Gasteiger partial charge is 0.342 e. The summed E-state index contributed by atoms with van der Waals surface area (Å²) in [5.41, 5.74) is 2.87. The standard InChI is InChI=1S/C30H35N7O6/c1-34(2)11-12-35(3)25-15-27(41-5)23(14-26(25)37(39)40)32-30-31-16-21(29(38)43-19-10-13-42-18-19)28(33-30)22-17-36(4)24-9-7-6-8-20(22)24/h6-9,14-17,19H,10-13,18H2,1-5H3,(H,31,32,33)/t19-/m1/s1. The van der Waals surface area contributed by atoms with Gasteiger partial charge in [-0.25, -0.2) is 14.8 Å². The van der Waals surface area contributed by atoms with Gasteiger partial charge in [-0.05, 0) is 20.2 Å². The number of anilines is 3. The van der Waals surface area contributed by atoms with Crippen LogP contribution in [0.5, 0.6) is 5.75 Å². The van der Waals surface area contributed by atoms with Crippen LogP contribution in [-0.4, -0.2) is 91.0 Å². The number of fused-ring (bicyclic) bond motifs is 1. The molecule has 226 valence electrons. The van der Waals surface area contributed by atoms with Gasteiger partial charge in [0.2, 0.25) is 5.95 Å². The van der Waals surface area contributed by atoms with Gasteiger partial charge in [0.1, 0.15) is 23.1 Å². The second-order valence-electron chi connectivity index (χ2n) is 10.7. The summed E-state index contributed by atoms with van der Waals surface area (Å²) in [6.45, 7) is 2.16. The SMILES string of the molecule is COc1cc(N(C)CCN(C)C)c([N+](=O)[O-])cc1Nc1ncc(C(=O)O[C@@H]2CCOC2)c(-c2cn(C)c3ccccc23)n1. The van der Waals surface area contributed by atoms with Crippen molar-refractivity contribution in [1.29, 1.82) is 0 Å². The Morgan fingerprint density at radius 1 is 1.23 bits per heavy atom. The maximum Gasteiger partial charge on any atom is 0.342 e. The molecule has 0 spiro atoms. The van der Waals surface area contributed by atoms with Gasteiger partial charge in [0.15, 0.2) is 0 Å². The van der Waals surface area contributed by atoms with E-state index >= 15 is 0 Å². The first-order chi connectivity index (χ1) is 20.7. The zero-order valence-electron chi connectivity index (χ0n) is 24.9. The molecule has 0 bridgehead atoms. The number of ether oxygens (including phenoxy) is 3. The van der Waals surface area contributed by atoms with E-state index in [1.165, 1.54) is 19.4 Å². The molecule has 5 rings (SSSR count). The van der Waals surface area contributed by atoms with Crippen molar-refractivity contribution < 1.29 is 23.9 Å². The van der Waals surface area contributed by atoms with Crippen LogP contribution in [0, 0.1) is 10.1 Å². The Kier molecular flexibility index (Phi) is 8.73. The van der Waals surface area contributed by atoms with Crippen LogP contribution in [0.3, 0.4) is 0 Å². The summed E-state index contributed by atoms with van der Waals surface area (Å²) in [5, 5.41) is 16.1. The van der Waals surface area contributed by atoms with Crippen LogP contribution < -0.4 is 15.0 Å². The van der Waals surface area contributed by atoms with Crippen molar-refractivity contribution in [2.24, 2.45) is 7.05 Å². The van der Waals surface area contributed by atoms with E-state index in [2.05, 4.69) is 10.3 Å². The van der Waals surface area contributed by atoms with E-state index in [9.17, 15) is 14.9 Å². The van der Waals surface area contributed by atoms with E-state index in [0.717, 1.165) is 10.9 Å². The molecule has 1 atom stereocenters. The van der Waals surface area contributed by atoms with Crippen molar-refractivity contribution in [3.05, 3.63) is 64.5 Å². The van der Waals surface area contributed by atoms with Gasteiger partial charge in [-0.15, -0.1) is 0 Å². The maximum atomic E-state index is 13.3. The van der Waals surface area contributed by atoms with E-state index < -0.39 is 10.9 Å². The van der Waals surface area contributed by atoms with Crippen molar-refractivity contribution in [3.8, 4) is 17.0 Å². The lowest BCUT2D eigenvalue weighted by atomic mass is 10.1. The number of methoxy groups -OCH3 is 1. The van der Waals surface area contributed by atoms with Crippen LogP contribution in [0.4, 0.5) is 23.0 Å². The second kappa shape index (κ2) is 12.6. The second-order valence-corrected chi connectivity index (χ2v) is 10.7. The van der Waals surface area contributed by atoms with Gasteiger partial charge in [-0.1, -0.05) is 18.2 Å². The van der Waals surface area contributed by atoms with E-state index in [1.807, 2.05) is 66.0 Å². The molecule has 0 radical (unpaired) electrons. The van der Waals surface area contributed by atoms with Crippen LogP contribution in [0.2, 0.25) is 0 Å². The van der Waals surface area contributed by atoms with Gasteiger partial charge in [0, 0.05) is 74.6 Å². The molecular weight excluding hydrogens is 554 g/mol. The highest BCUT2D eigenvalue weighted by atomic mass is 16.6. The molecule has 1 N–H and O–H groups in total. The molecule has 3 heterocycles. The highest BCUT2D eigenvalue weighted by Gasteiger charge is 2.27. The Bertz CT molecular complexity index is 1650. The quantitative estimate of drug-likeness (QED) is 0.153. The Morgan fingerprint density at radius 2 is 2.02 bits per heavy atom. The topological polar surface area (TPSA) is 137 Å². The highest BCUT2D eigenvalue weighted by Crippen LogP contribution is 2.39. The van der Waals surface area contributed by atoms with Gasteiger partial charge in [0.25, 0.3) is 5.69 Å². The number of hydrogen-bond donors (Lipinski definition) is 1. The van der Waals surface area contributed by atoms with E-state index in [-0.39, 0.29) is 23.3 Å². The Hall–Kier alpha value is -4.75. The summed E-state index contributed by atoms with van der Waals surface area (Å²) < 4.78 is 18.6. The summed E-state index contributed by atoms with van der Waals surface area (Å²) in [5.74, 6) is -0.0503. The number of nitrogens with one attached hydrogen (secondary N) is 1. The normalized spacial score (nSPS) is 14.7. The number of hydrogen-bond acceptors (Lipinski definition) is 11. The molecule has 13 nitrogen and oxygen atoms in total. The number of rotatable bonds is 11. The molecule has 0 saturated carbocycles. The van der Waals surface area contributed by atoms with Crippen molar-refractivity contribution in [2.45, 2.75) is 12.5 Å². The summed E-state index contributed by atoms with van der Waals surface area (Å²) in [6.07, 6.45) is 3.59. The molecule has 1 fully saturated rings. The number of aromatic nitrogens is 3. The minimum Gasteiger partial charge on any atom is -0.494 e. The summed E-state index contributed by atoms with van der Waals surface area (Å²) in [4.78, 5) is 38.0. The van der Waals surface area contributed by atoms with Crippen LogP contribution in [0.25, 0.3) is 22.2 Å². The van der Waals surface area contributed by atoms with Gasteiger partial charge < -0.3 is 33.9 Å². The number of benzene rings is 2. The summed E-state index contributed by atoms with van der Waals surface area (Å²) in [6, 6.07) is 10.8. The summed E-state index contributed by atoms with van der Waals surface area (Å²) in [7, 11) is 9.09. The van der Waals surface area contributed by atoms with Crippen molar-refractivity contribution in [2.75, 3.05) is 64.8 Å². The van der Waals surface area contributed by atoms with Crippen molar-refractivity contribution in [3.63, 3.8) is 0 Å². The van der Waals surface area contributed by atoms with Crippen LogP contribution in [-0.2, 0) is 16.5 Å². The number of nitro groups is 1. The number of esters is 1. The zero-order chi connectivity index (χ0) is 30.7. The number of para-hydroxylation sites is 1. The zero-order valence-corrected chi connectivity index (χ0v) is 24.9. The molecule has 1 aliphatic rings. The van der Waals surface area contributed by atoms with Gasteiger partial charge in [-0.3, -0.25) is 10.1 Å². The molecule has 1 saturated heterocycles. The van der Waals surface area contributed by atoms with Crippen LogP contribution in [0.1, 0.15) is 16.8 Å². The van der Waals surface area contributed by atoms with E-state index in [0.29, 0.717) is 61.1 Å². The van der Waals surface area contributed by atoms with Crippen LogP contribution in [0.15, 0.2) is 48.8 Å². The monoisotopic (exact) mass is 589 g/mol. The number of nitro benzene ring substituents is 1. The fourth-order valence-corrected chi connectivity index (χ4v) is 5.01. The number of likely N-dealkylation sites (N-methyl/N-ethyl adjacent to an activating group) is 2.